The molecule has 1 N–H and O–H groups in total. The number of nitrogens with zero attached hydrogens (tertiary/aromatic N) is 6. The van der Waals surface area contributed by atoms with E-state index in [1.165, 1.54) is 30.5 Å². The average molecular weight is 438 g/mol. The van der Waals surface area contributed by atoms with E-state index in [1.807, 2.05) is 6.92 Å². The van der Waals surface area contributed by atoms with Crippen LogP contribution in [0.4, 0.5) is 16.3 Å². The highest BCUT2D eigenvalue weighted by Gasteiger charge is 2.28. The molecule has 3 heterocycles. The standard InChI is InChI=1S/C23H28FN7O/c1-15(16-5-7-19(24)8-6-16)32-23-28-21(26-20-13-18(14-25-20)17-3-4-17)27-22(29-23)31-11-9-30(2)10-12-31/h5-8,13,15,17H,3-4,9-12,14H2,1-2H3,(H,25,26,27,28,29). The highest BCUT2D eigenvalue weighted by molar-refractivity contribution is 6.04. The lowest BCUT2D eigenvalue weighted by molar-refractivity contribution is 0.207. The molecular weight excluding hydrogens is 409 g/mol. The van der Waals surface area contributed by atoms with Gasteiger partial charge in [-0.25, -0.2) is 4.39 Å². The fraction of sp³-hybridized carbons (Fsp3) is 0.478. The van der Waals surface area contributed by atoms with E-state index in [9.17, 15) is 4.39 Å². The summed E-state index contributed by atoms with van der Waals surface area (Å²) in [5.41, 5.74) is 2.22. The number of halogens is 1. The number of ether oxygens (including phenoxy) is 1. The minimum absolute atomic E-state index is 0.234. The van der Waals surface area contributed by atoms with Gasteiger partial charge in [0.15, 0.2) is 0 Å². The average Bonchev–Trinajstić information content (AvgIpc) is 3.53. The molecule has 2 fully saturated rings. The van der Waals surface area contributed by atoms with Crippen molar-refractivity contribution in [1.82, 2.24) is 19.9 Å². The number of aliphatic imine (C=N–C) groups is 1. The lowest BCUT2D eigenvalue weighted by Gasteiger charge is -2.32. The van der Waals surface area contributed by atoms with Crippen LogP contribution in [0.15, 0.2) is 40.9 Å². The molecular formula is C23H28FN7O. The molecule has 3 aliphatic rings. The number of nitrogens with one attached hydrogen (secondary N) is 1. The number of anilines is 2. The van der Waals surface area contributed by atoms with Crippen molar-refractivity contribution in [1.29, 1.82) is 0 Å². The summed E-state index contributed by atoms with van der Waals surface area (Å²) in [4.78, 5) is 22.8. The molecule has 32 heavy (non-hydrogen) atoms. The van der Waals surface area contributed by atoms with Crippen LogP contribution >= 0.6 is 0 Å². The topological polar surface area (TPSA) is 78.8 Å². The maximum Gasteiger partial charge on any atom is 0.323 e. The first-order chi connectivity index (χ1) is 15.5. The SMILES string of the molecule is CC(Oc1nc(NC2=NCC(C3CC3)=C2)nc(N2CCN(C)CC2)n1)c1ccc(F)cc1. The Morgan fingerprint density at radius 2 is 1.81 bits per heavy atom. The van der Waals surface area contributed by atoms with Crippen molar-refractivity contribution in [2.45, 2.75) is 25.9 Å². The summed E-state index contributed by atoms with van der Waals surface area (Å²) in [6.45, 7) is 6.19. The number of hydrogen-bond acceptors (Lipinski definition) is 8. The van der Waals surface area contributed by atoms with Crippen molar-refractivity contribution in [3.8, 4) is 6.01 Å². The smallest absolute Gasteiger partial charge is 0.323 e. The Morgan fingerprint density at radius 1 is 1.06 bits per heavy atom. The first-order valence-electron chi connectivity index (χ1n) is 11.2. The Bertz CT molecular complexity index is 1030. The van der Waals surface area contributed by atoms with E-state index in [0.29, 0.717) is 17.8 Å². The lowest BCUT2D eigenvalue weighted by Crippen LogP contribution is -2.45. The molecule has 1 aromatic heterocycles. The van der Waals surface area contributed by atoms with Gasteiger partial charge in [-0.05, 0) is 62.1 Å². The van der Waals surface area contributed by atoms with Gasteiger partial charge in [0.1, 0.15) is 17.8 Å². The second-order valence-corrected chi connectivity index (χ2v) is 8.66. The quantitative estimate of drug-likeness (QED) is 0.744. The van der Waals surface area contributed by atoms with E-state index < -0.39 is 0 Å². The molecule has 1 unspecified atom stereocenters. The summed E-state index contributed by atoms with van der Waals surface area (Å²) >= 11 is 0. The van der Waals surface area contributed by atoms with Gasteiger partial charge in [0.05, 0.1) is 6.54 Å². The van der Waals surface area contributed by atoms with Crippen LogP contribution in [-0.4, -0.2) is 65.5 Å². The Kier molecular flexibility index (Phi) is 5.73. The van der Waals surface area contributed by atoms with Crippen LogP contribution in [-0.2, 0) is 0 Å². The van der Waals surface area contributed by atoms with Crippen LogP contribution < -0.4 is 15.0 Å². The largest absolute Gasteiger partial charge is 0.455 e. The van der Waals surface area contributed by atoms with Gasteiger partial charge in [-0.2, -0.15) is 15.0 Å². The first-order valence-corrected chi connectivity index (χ1v) is 11.2. The zero-order valence-electron chi connectivity index (χ0n) is 18.5. The monoisotopic (exact) mass is 437 g/mol. The highest BCUT2D eigenvalue weighted by Crippen LogP contribution is 2.37. The van der Waals surface area contributed by atoms with Crippen LogP contribution in [0, 0.1) is 11.7 Å². The third kappa shape index (κ3) is 4.88. The predicted molar refractivity (Wildman–Crippen MR) is 122 cm³/mol. The van der Waals surface area contributed by atoms with Gasteiger partial charge in [0, 0.05) is 26.2 Å². The number of amidine groups is 1. The van der Waals surface area contributed by atoms with Crippen molar-refractivity contribution >= 4 is 17.7 Å². The minimum atomic E-state index is -0.337. The van der Waals surface area contributed by atoms with Gasteiger partial charge in [-0.1, -0.05) is 12.1 Å². The Morgan fingerprint density at radius 3 is 2.53 bits per heavy atom. The van der Waals surface area contributed by atoms with E-state index in [0.717, 1.165) is 44.1 Å². The van der Waals surface area contributed by atoms with E-state index in [2.05, 4.69) is 48.2 Å². The van der Waals surface area contributed by atoms with Crippen molar-refractivity contribution < 1.29 is 9.13 Å². The molecule has 0 bridgehead atoms. The van der Waals surface area contributed by atoms with Gasteiger partial charge in [0.2, 0.25) is 11.9 Å². The highest BCUT2D eigenvalue weighted by atomic mass is 19.1. The maximum atomic E-state index is 13.3. The molecule has 0 amide bonds. The zero-order chi connectivity index (χ0) is 22.1. The summed E-state index contributed by atoms with van der Waals surface area (Å²) in [6, 6.07) is 6.50. The maximum absolute atomic E-state index is 13.3. The lowest BCUT2D eigenvalue weighted by atomic mass is 10.1. The molecule has 8 nitrogen and oxygen atoms in total. The number of piperazine rings is 1. The second kappa shape index (κ2) is 8.82. The molecule has 2 aromatic rings. The zero-order valence-corrected chi connectivity index (χ0v) is 18.5. The van der Waals surface area contributed by atoms with Crippen molar-refractivity contribution in [3.05, 3.63) is 47.3 Å². The Balaban J connectivity index is 1.38. The van der Waals surface area contributed by atoms with E-state index in [-0.39, 0.29) is 17.9 Å². The van der Waals surface area contributed by atoms with Gasteiger partial charge >= 0.3 is 6.01 Å². The summed E-state index contributed by atoms with van der Waals surface area (Å²) in [6.07, 6.45) is 4.29. The fourth-order valence-electron chi connectivity index (χ4n) is 3.90. The molecule has 168 valence electrons. The first kappa shape index (κ1) is 20.8. The summed E-state index contributed by atoms with van der Waals surface area (Å²) < 4.78 is 19.3. The molecule has 1 atom stereocenters. The molecule has 2 aliphatic heterocycles. The molecule has 9 heteroatoms. The fourth-order valence-corrected chi connectivity index (χ4v) is 3.90. The molecule has 1 saturated carbocycles. The Hall–Kier alpha value is -3.07. The summed E-state index contributed by atoms with van der Waals surface area (Å²) in [5.74, 6) is 2.19. The number of likely N-dealkylation sites (N-methyl/N-ethyl adjacent to an activating group) is 1. The molecule has 0 radical (unpaired) electrons. The predicted octanol–water partition coefficient (Wildman–Crippen LogP) is 3.06. The number of hydrogen-bond donors (Lipinski definition) is 1. The Labute approximate surface area is 187 Å². The molecule has 1 aromatic carbocycles. The van der Waals surface area contributed by atoms with Crippen LogP contribution in [0.5, 0.6) is 6.01 Å². The molecule has 1 aliphatic carbocycles. The van der Waals surface area contributed by atoms with E-state index in [1.54, 1.807) is 12.1 Å². The third-order valence-electron chi connectivity index (χ3n) is 6.11. The van der Waals surface area contributed by atoms with E-state index in [4.69, 9.17) is 4.74 Å². The number of aromatic nitrogens is 3. The van der Waals surface area contributed by atoms with Crippen LogP contribution in [0.2, 0.25) is 0 Å². The van der Waals surface area contributed by atoms with Gasteiger partial charge in [-0.15, -0.1) is 0 Å². The van der Waals surface area contributed by atoms with Crippen LogP contribution in [0.3, 0.4) is 0 Å². The van der Waals surface area contributed by atoms with Gasteiger partial charge < -0.3 is 19.9 Å². The van der Waals surface area contributed by atoms with E-state index >= 15 is 0 Å². The third-order valence-corrected chi connectivity index (χ3v) is 6.11. The van der Waals surface area contributed by atoms with Crippen molar-refractivity contribution in [2.75, 3.05) is 50.0 Å². The van der Waals surface area contributed by atoms with Gasteiger partial charge in [0.25, 0.3) is 0 Å². The van der Waals surface area contributed by atoms with Crippen molar-refractivity contribution in [2.24, 2.45) is 10.9 Å². The van der Waals surface area contributed by atoms with Crippen LogP contribution in [0.1, 0.15) is 31.4 Å². The molecule has 0 spiro atoms. The number of rotatable bonds is 6. The van der Waals surface area contributed by atoms with Crippen LogP contribution in [0.25, 0.3) is 0 Å². The number of benzene rings is 1. The van der Waals surface area contributed by atoms with Gasteiger partial charge in [-0.3, -0.25) is 4.99 Å². The minimum Gasteiger partial charge on any atom is -0.455 e. The molecule has 1 saturated heterocycles. The second-order valence-electron chi connectivity index (χ2n) is 8.66. The summed E-state index contributed by atoms with van der Waals surface area (Å²) in [5, 5.41) is 3.25. The normalized spacial score (nSPS) is 20.0. The summed E-state index contributed by atoms with van der Waals surface area (Å²) in [7, 11) is 2.11. The molecule has 5 rings (SSSR count). The van der Waals surface area contributed by atoms with Crippen molar-refractivity contribution in [3.63, 3.8) is 0 Å².